The van der Waals surface area contributed by atoms with Gasteiger partial charge in [-0.05, 0) is 30.7 Å². The number of rotatable bonds is 2. The Hall–Kier alpha value is -2.74. The molecule has 1 heterocycles. The highest BCUT2D eigenvalue weighted by Crippen LogP contribution is 2.36. The van der Waals surface area contributed by atoms with Crippen molar-refractivity contribution in [3.05, 3.63) is 66.7 Å². The number of fused-ring (bicyclic) bond motifs is 3. The lowest BCUT2D eigenvalue weighted by molar-refractivity contribution is 0.828. The van der Waals surface area contributed by atoms with Crippen LogP contribution < -0.4 is 5.73 Å². The van der Waals surface area contributed by atoms with E-state index in [0.717, 1.165) is 12.2 Å². The van der Waals surface area contributed by atoms with Crippen LogP contribution in [0.2, 0.25) is 0 Å². The van der Waals surface area contributed by atoms with Gasteiger partial charge in [-0.2, -0.15) is 0 Å². The van der Waals surface area contributed by atoms with Crippen molar-refractivity contribution in [1.82, 2.24) is 4.57 Å². The number of anilines is 1. The minimum atomic E-state index is 0.800. The second-order valence-corrected chi connectivity index (χ2v) is 5.59. The van der Waals surface area contributed by atoms with Gasteiger partial charge in [-0.15, -0.1) is 0 Å². The van der Waals surface area contributed by atoms with Crippen LogP contribution in [0.5, 0.6) is 0 Å². The van der Waals surface area contributed by atoms with E-state index in [4.69, 9.17) is 5.73 Å². The fourth-order valence-corrected chi connectivity index (χ4v) is 3.38. The van der Waals surface area contributed by atoms with Gasteiger partial charge in [-0.3, -0.25) is 0 Å². The minimum Gasteiger partial charge on any atom is -0.399 e. The number of aromatic nitrogens is 1. The molecule has 4 aromatic rings. The van der Waals surface area contributed by atoms with Gasteiger partial charge in [0.25, 0.3) is 0 Å². The number of nitrogen functional groups attached to an aromatic ring is 1. The van der Waals surface area contributed by atoms with E-state index in [0.29, 0.717) is 0 Å². The molecule has 0 aliphatic heterocycles. The Balaban J connectivity index is 2.17. The highest BCUT2D eigenvalue weighted by Gasteiger charge is 2.13. The van der Waals surface area contributed by atoms with Crippen molar-refractivity contribution in [3.63, 3.8) is 0 Å². The fraction of sp³-hybridized carbons (Fsp3) is 0.100. The maximum absolute atomic E-state index is 5.98. The third-order valence-corrected chi connectivity index (χ3v) is 4.30. The van der Waals surface area contributed by atoms with E-state index >= 15 is 0 Å². The quantitative estimate of drug-likeness (QED) is 0.513. The predicted octanol–water partition coefficient (Wildman–Crippen LogP) is 5.06. The first-order valence-electron chi connectivity index (χ1n) is 7.65. The summed E-state index contributed by atoms with van der Waals surface area (Å²) in [6.45, 7) is 3.14. The largest absolute Gasteiger partial charge is 0.399 e. The summed E-state index contributed by atoms with van der Waals surface area (Å²) in [7, 11) is 0. The van der Waals surface area contributed by atoms with Crippen LogP contribution in [-0.4, -0.2) is 4.57 Å². The maximum Gasteiger partial charge on any atom is 0.0570 e. The molecule has 1 aromatic heterocycles. The molecule has 0 aliphatic rings. The normalized spacial score (nSPS) is 11.3. The molecule has 0 saturated heterocycles. The molecule has 0 saturated carbocycles. The molecule has 2 N–H and O–H groups in total. The summed E-state index contributed by atoms with van der Waals surface area (Å²) in [5.41, 5.74) is 11.8. The van der Waals surface area contributed by atoms with E-state index in [-0.39, 0.29) is 0 Å². The second kappa shape index (κ2) is 4.92. The van der Waals surface area contributed by atoms with Crippen LogP contribution in [0.1, 0.15) is 6.92 Å². The molecule has 0 atom stereocenters. The summed E-state index contributed by atoms with van der Waals surface area (Å²) >= 11 is 0. The summed E-state index contributed by atoms with van der Waals surface area (Å²) in [5, 5.41) is 2.61. The monoisotopic (exact) mass is 286 g/mol. The molecule has 0 unspecified atom stereocenters. The summed E-state index contributed by atoms with van der Waals surface area (Å²) in [6, 6.07) is 23.3. The highest BCUT2D eigenvalue weighted by atomic mass is 15.0. The van der Waals surface area contributed by atoms with E-state index in [1.54, 1.807) is 0 Å². The average Bonchev–Trinajstić information content (AvgIpc) is 2.88. The molecule has 2 heteroatoms. The van der Waals surface area contributed by atoms with E-state index in [2.05, 4.69) is 60.0 Å². The lowest BCUT2D eigenvalue weighted by Gasteiger charge is -2.09. The number of nitrogens with zero attached hydrogens (tertiary/aromatic N) is 1. The van der Waals surface area contributed by atoms with Crippen LogP contribution in [0.15, 0.2) is 66.7 Å². The first kappa shape index (κ1) is 13.0. The molecule has 0 bridgehead atoms. The predicted molar refractivity (Wildman–Crippen MR) is 95.0 cm³/mol. The second-order valence-electron chi connectivity index (χ2n) is 5.59. The molecule has 4 rings (SSSR count). The molecule has 3 aromatic carbocycles. The molecule has 2 nitrogen and oxygen atoms in total. The summed E-state index contributed by atoms with van der Waals surface area (Å²) in [4.78, 5) is 0. The molecule has 0 aliphatic carbocycles. The first-order valence-corrected chi connectivity index (χ1v) is 7.65. The van der Waals surface area contributed by atoms with Crippen LogP contribution in [-0.2, 0) is 6.54 Å². The Morgan fingerprint density at radius 2 is 1.64 bits per heavy atom. The third-order valence-electron chi connectivity index (χ3n) is 4.30. The van der Waals surface area contributed by atoms with Gasteiger partial charge in [0, 0.05) is 34.1 Å². The van der Waals surface area contributed by atoms with Crippen LogP contribution in [0.4, 0.5) is 5.69 Å². The summed E-state index contributed by atoms with van der Waals surface area (Å²) in [6.07, 6.45) is 0. The van der Waals surface area contributed by atoms with Gasteiger partial charge < -0.3 is 10.3 Å². The zero-order chi connectivity index (χ0) is 15.1. The van der Waals surface area contributed by atoms with Gasteiger partial charge >= 0.3 is 0 Å². The summed E-state index contributed by atoms with van der Waals surface area (Å²) in [5.74, 6) is 0. The Kier molecular flexibility index (Phi) is 2.90. The van der Waals surface area contributed by atoms with Crippen molar-refractivity contribution < 1.29 is 0 Å². The van der Waals surface area contributed by atoms with Gasteiger partial charge in [0.2, 0.25) is 0 Å². The molecular weight excluding hydrogens is 268 g/mol. The smallest absolute Gasteiger partial charge is 0.0570 e. The topological polar surface area (TPSA) is 30.9 Å². The lowest BCUT2D eigenvalue weighted by atomic mass is 10.0. The van der Waals surface area contributed by atoms with E-state index in [1.807, 2.05) is 18.2 Å². The molecular formula is C20H18N2. The maximum atomic E-state index is 5.98. The molecule has 0 fully saturated rings. The van der Waals surface area contributed by atoms with Crippen LogP contribution in [0.25, 0.3) is 32.9 Å². The lowest BCUT2D eigenvalue weighted by Crippen LogP contribution is -1.95. The van der Waals surface area contributed by atoms with Gasteiger partial charge in [0.15, 0.2) is 0 Å². The number of benzene rings is 3. The number of para-hydroxylation sites is 2. The number of nitrogens with two attached hydrogens (primary N) is 1. The summed E-state index contributed by atoms with van der Waals surface area (Å²) < 4.78 is 2.39. The molecule has 0 amide bonds. The van der Waals surface area contributed by atoms with Crippen molar-refractivity contribution in [2.75, 3.05) is 5.73 Å². The van der Waals surface area contributed by atoms with Crippen molar-refractivity contribution in [1.29, 1.82) is 0 Å². The zero-order valence-corrected chi connectivity index (χ0v) is 12.6. The van der Waals surface area contributed by atoms with Crippen LogP contribution in [0.3, 0.4) is 0 Å². The van der Waals surface area contributed by atoms with Gasteiger partial charge in [0.05, 0.1) is 5.52 Å². The van der Waals surface area contributed by atoms with Crippen molar-refractivity contribution in [2.24, 2.45) is 0 Å². The Morgan fingerprint density at radius 3 is 2.45 bits per heavy atom. The Bertz CT molecular complexity index is 980. The van der Waals surface area contributed by atoms with Gasteiger partial charge in [-0.1, -0.05) is 48.5 Å². The van der Waals surface area contributed by atoms with Crippen molar-refractivity contribution in [2.45, 2.75) is 13.5 Å². The fourth-order valence-electron chi connectivity index (χ4n) is 3.38. The Morgan fingerprint density at radius 1 is 0.864 bits per heavy atom. The number of hydrogen-bond acceptors (Lipinski definition) is 1. The van der Waals surface area contributed by atoms with Gasteiger partial charge in [-0.25, -0.2) is 0 Å². The molecule has 22 heavy (non-hydrogen) atoms. The number of aryl methyl sites for hydroxylation is 1. The zero-order valence-electron chi connectivity index (χ0n) is 12.6. The highest BCUT2D eigenvalue weighted by molar-refractivity contribution is 6.12. The SMILES string of the molecule is CCn1c2ccccc2c2cccc(-c3cccc(N)c3)c21. The minimum absolute atomic E-state index is 0.800. The molecule has 108 valence electrons. The van der Waals surface area contributed by atoms with Crippen molar-refractivity contribution >= 4 is 27.5 Å². The van der Waals surface area contributed by atoms with E-state index < -0.39 is 0 Å². The van der Waals surface area contributed by atoms with Crippen molar-refractivity contribution in [3.8, 4) is 11.1 Å². The third kappa shape index (κ3) is 1.81. The first-order chi connectivity index (χ1) is 10.8. The van der Waals surface area contributed by atoms with E-state index in [9.17, 15) is 0 Å². The molecule has 0 spiro atoms. The van der Waals surface area contributed by atoms with Crippen LogP contribution in [0, 0.1) is 0 Å². The Labute approximate surface area is 129 Å². The number of hydrogen-bond donors (Lipinski definition) is 1. The van der Waals surface area contributed by atoms with E-state index in [1.165, 1.54) is 32.9 Å². The van der Waals surface area contributed by atoms with Crippen LogP contribution >= 0.6 is 0 Å². The standard InChI is InChI=1S/C20H18N2/c1-2-22-19-12-4-3-9-17(19)18-11-6-10-16(20(18)22)14-7-5-8-15(21)13-14/h3-13H,2,21H2,1H3. The molecule has 0 radical (unpaired) electrons. The van der Waals surface area contributed by atoms with Gasteiger partial charge in [0.1, 0.15) is 0 Å². The average molecular weight is 286 g/mol.